The number of carbonyl (C=O) groups excluding carboxylic acids is 1. The zero-order valence-electron chi connectivity index (χ0n) is 19.5. The summed E-state index contributed by atoms with van der Waals surface area (Å²) in [5, 5.41) is 2.75. The molecule has 1 N–H and O–H groups in total. The van der Waals surface area contributed by atoms with Crippen molar-refractivity contribution in [3.63, 3.8) is 0 Å². The van der Waals surface area contributed by atoms with E-state index in [4.69, 9.17) is 14.2 Å². The fourth-order valence-electron chi connectivity index (χ4n) is 3.37. The third-order valence-electron chi connectivity index (χ3n) is 5.01. The van der Waals surface area contributed by atoms with E-state index in [9.17, 15) is 9.18 Å². The summed E-state index contributed by atoms with van der Waals surface area (Å²) in [6.45, 7) is 5.70. The summed E-state index contributed by atoms with van der Waals surface area (Å²) >= 11 is 0. The number of methoxy groups -OCH3 is 2. The van der Waals surface area contributed by atoms with E-state index in [-0.39, 0.29) is 11.7 Å². The molecule has 3 rings (SSSR count). The number of rotatable bonds is 8. The summed E-state index contributed by atoms with van der Waals surface area (Å²) < 4.78 is 31.5. The molecular weight excluding hydrogens is 421 g/mol. The van der Waals surface area contributed by atoms with Gasteiger partial charge in [-0.3, -0.25) is 4.79 Å². The first-order valence-corrected chi connectivity index (χ1v) is 10.5. The highest BCUT2D eigenvalue weighted by Crippen LogP contribution is 2.41. The zero-order valence-corrected chi connectivity index (χ0v) is 19.5. The number of hydrogen-bond donors (Lipinski definition) is 1. The highest BCUT2D eigenvalue weighted by atomic mass is 19.1. The van der Waals surface area contributed by atoms with Gasteiger partial charge in [0.2, 0.25) is 5.91 Å². The summed E-state index contributed by atoms with van der Waals surface area (Å²) in [6, 6.07) is 15.9. The Kier molecular flexibility index (Phi) is 7.72. The summed E-state index contributed by atoms with van der Waals surface area (Å²) in [5.41, 5.74) is 4.85. The molecule has 33 heavy (non-hydrogen) atoms. The zero-order chi connectivity index (χ0) is 24.0. The van der Waals surface area contributed by atoms with Crippen LogP contribution in [0.5, 0.6) is 17.2 Å². The number of allylic oxidation sites excluding steroid dienone is 1. The molecule has 0 unspecified atom stereocenters. The van der Waals surface area contributed by atoms with Crippen molar-refractivity contribution in [1.82, 2.24) is 0 Å². The van der Waals surface area contributed by atoms with Crippen LogP contribution in [0.1, 0.15) is 20.8 Å². The average molecular weight is 450 g/mol. The van der Waals surface area contributed by atoms with E-state index in [1.807, 2.05) is 56.3 Å². The van der Waals surface area contributed by atoms with Crippen molar-refractivity contribution < 1.29 is 23.4 Å². The van der Waals surface area contributed by atoms with Gasteiger partial charge in [-0.1, -0.05) is 23.8 Å². The Balaban J connectivity index is 1.96. The molecule has 0 atom stereocenters. The standard InChI is InChI=1S/C27H28FNO4/c1-17(2)12-13-33-25-11-8-20(14-24(25)28)23-16-26(31-4)22(15-27(23)32-5)19-6-9-21(10-7-19)29-18(3)30/h6-12,14-16H,13H2,1-5H3,(H,29,30). The number of carbonyl (C=O) groups is 1. The van der Waals surface area contributed by atoms with Crippen LogP contribution < -0.4 is 19.5 Å². The Labute approximate surface area is 193 Å². The highest BCUT2D eigenvalue weighted by molar-refractivity contribution is 5.89. The number of ether oxygens (including phenoxy) is 3. The van der Waals surface area contributed by atoms with Crippen molar-refractivity contribution in [2.45, 2.75) is 20.8 Å². The minimum Gasteiger partial charge on any atom is -0.496 e. The molecule has 3 aromatic rings. The molecule has 5 nitrogen and oxygen atoms in total. The predicted octanol–water partition coefficient (Wildman–Crippen LogP) is 6.48. The van der Waals surface area contributed by atoms with Crippen molar-refractivity contribution in [3.05, 3.63) is 72.1 Å². The topological polar surface area (TPSA) is 56.8 Å². The SMILES string of the molecule is COc1cc(-c2ccc(OCC=C(C)C)c(F)c2)c(OC)cc1-c1ccc(NC(C)=O)cc1. The molecule has 3 aromatic carbocycles. The molecule has 0 fully saturated rings. The predicted molar refractivity (Wildman–Crippen MR) is 130 cm³/mol. The Hall–Kier alpha value is -3.80. The van der Waals surface area contributed by atoms with E-state index in [2.05, 4.69) is 5.32 Å². The number of hydrogen-bond acceptors (Lipinski definition) is 4. The molecule has 1 amide bonds. The minimum absolute atomic E-state index is 0.132. The largest absolute Gasteiger partial charge is 0.496 e. The second-order valence-electron chi connectivity index (χ2n) is 7.75. The molecule has 0 aliphatic carbocycles. The van der Waals surface area contributed by atoms with Crippen LogP contribution >= 0.6 is 0 Å². The number of benzene rings is 3. The summed E-state index contributed by atoms with van der Waals surface area (Å²) in [7, 11) is 3.16. The fraction of sp³-hybridized carbons (Fsp3) is 0.222. The maximum atomic E-state index is 14.7. The molecular formula is C27H28FNO4. The molecule has 0 aromatic heterocycles. The van der Waals surface area contributed by atoms with Gasteiger partial charge in [0.1, 0.15) is 18.1 Å². The van der Waals surface area contributed by atoms with Crippen LogP contribution in [0.25, 0.3) is 22.3 Å². The minimum atomic E-state index is -0.451. The third kappa shape index (κ3) is 5.92. The quantitative estimate of drug-likeness (QED) is 0.400. The van der Waals surface area contributed by atoms with Crippen LogP contribution in [0.2, 0.25) is 0 Å². The van der Waals surface area contributed by atoms with Crippen LogP contribution in [0.4, 0.5) is 10.1 Å². The lowest BCUT2D eigenvalue weighted by atomic mass is 9.97. The fourth-order valence-corrected chi connectivity index (χ4v) is 3.37. The summed E-state index contributed by atoms with van der Waals surface area (Å²) in [4.78, 5) is 11.3. The number of amides is 1. The lowest BCUT2D eigenvalue weighted by Crippen LogP contribution is -2.05. The Morgan fingerprint density at radius 1 is 0.848 bits per heavy atom. The molecule has 0 saturated heterocycles. The first-order valence-electron chi connectivity index (χ1n) is 10.5. The molecule has 0 radical (unpaired) electrons. The van der Waals surface area contributed by atoms with E-state index < -0.39 is 5.82 Å². The molecule has 0 spiro atoms. The van der Waals surface area contributed by atoms with Crippen LogP contribution in [0.3, 0.4) is 0 Å². The van der Waals surface area contributed by atoms with Crippen molar-refractivity contribution >= 4 is 11.6 Å². The second-order valence-corrected chi connectivity index (χ2v) is 7.75. The molecule has 6 heteroatoms. The highest BCUT2D eigenvalue weighted by Gasteiger charge is 2.16. The van der Waals surface area contributed by atoms with E-state index >= 15 is 0 Å². The van der Waals surface area contributed by atoms with Gasteiger partial charge in [0, 0.05) is 23.7 Å². The first kappa shape index (κ1) is 23.9. The Bertz CT molecular complexity index is 1170. The van der Waals surface area contributed by atoms with Gasteiger partial charge in [-0.25, -0.2) is 4.39 Å². The van der Waals surface area contributed by atoms with Gasteiger partial charge in [-0.2, -0.15) is 0 Å². The molecule has 0 aliphatic heterocycles. The van der Waals surface area contributed by atoms with E-state index in [1.165, 1.54) is 13.0 Å². The molecule has 0 saturated carbocycles. The van der Waals surface area contributed by atoms with E-state index in [0.717, 1.165) is 16.7 Å². The van der Waals surface area contributed by atoms with Gasteiger partial charge in [-0.15, -0.1) is 0 Å². The maximum Gasteiger partial charge on any atom is 0.221 e. The van der Waals surface area contributed by atoms with Crippen LogP contribution in [0.15, 0.2) is 66.2 Å². The average Bonchev–Trinajstić information content (AvgIpc) is 2.79. The van der Waals surface area contributed by atoms with Crippen molar-refractivity contribution in [1.29, 1.82) is 0 Å². The van der Waals surface area contributed by atoms with Crippen molar-refractivity contribution in [3.8, 4) is 39.5 Å². The molecule has 0 aliphatic rings. The molecule has 0 heterocycles. The van der Waals surface area contributed by atoms with Gasteiger partial charge in [0.25, 0.3) is 0 Å². The Morgan fingerprint density at radius 3 is 1.94 bits per heavy atom. The smallest absolute Gasteiger partial charge is 0.221 e. The lowest BCUT2D eigenvalue weighted by Gasteiger charge is -2.16. The van der Waals surface area contributed by atoms with Gasteiger partial charge in [0.15, 0.2) is 11.6 Å². The molecule has 172 valence electrons. The maximum absolute atomic E-state index is 14.7. The first-order chi connectivity index (χ1) is 15.8. The van der Waals surface area contributed by atoms with Gasteiger partial charge < -0.3 is 19.5 Å². The lowest BCUT2D eigenvalue weighted by molar-refractivity contribution is -0.114. The third-order valence-corrected chi connectivity index (χ3v) is 5.01. The van der Waals surface area contributed by atoms with E-state index in [0.29, 0.717) is 34.9 Å². The van der Waals surface area contributed by atoms with Crippen LogP contribution in [-0.4, -0.2) is 26.7 Å². The van der Waals surface area contributed by atoms with Crippen LogP contribution in [0, 0.1) is 5.82 Å². The summed E-state index contributed by atoms with van der Waals surface area (Å²) in [5.74, 6) is 0.801. The molecule has 0 bridgehead atoms. The van der Waals surface area contributed by atoms with Gasteiger partial charge in [0.05, 0.1) is 14.2 Å². The normalized spacial score (nSPS) is 10.4. The second kappa shape index (κ2) is 10.7. The van der Waals surface area contributed by atoms with Crippen LogP contribution in [-0.2, 0) is 4.79 Å². The number of anilines is 1. The van der Waals surface area contributed by atoms with Gasteiger partial charge >= 0.3 is 0 Å². The Morgan fingerprint density at radius 2 is 1.42 bits per heavy atom. The number of nitrogens with one attached hydrogen (secondary N) is 1. The monoisotopic (exact) mass is 449 g/mol. The van der Waals surface area contributed by atoms with Crippen molar-refractivity contribution in [2.24, 2.45) is 0 Å². The van der Waals surface area contributed by atoms with E-state index in [1.54, 1.807) is 26.4 Å². The van der Waals surface area contributed by atoms with Crippen molar-refractivity contribution in [2.75, 3.05) is 26.1 Å². The number of halogens is 1. The van der Waals surface area contributed by atoms with Gasteiger partial charge in [-0.05, 0) is 67.4 Å². The summed E-state index contributed by atoms with van der Waals surface area (Å²) in [6.07, 6.45) is 1.89.